The van der Waals surface area contributed by atoms with Gasteiger partial charge in [-0.25, -0.2) is 4.79 Å². The van der Waals surface area contributed by atoms with Crippen molar-refractivity contribution in [1.82, 2.24) is 9.97 Å². The molecule has 3 N–H and O–H groups in total. The summed E-state index contributed by atoms with van der Waals surface area (Å²) in [4.78, 5) is 38.5. The molecular formula is C14H15N3O4. The number of rotatable bonds is 4. The van der Waals surface area contributed by atoms with E-state index in [0.29, 0.717) is 11.3 Å². The Balaban J connectivity index is 2.13. The van der Waals surface area contributed by atoms with E-state index in [2.05, 4.69) is 10.3 Å². The molecule has 0 spiro atoms. The van der Waals surface area contributed by atoms with Gasteiger partial charge in [-0.1, -0.05) is 0 Å². The molecule has 0 saturated heterocycles. The zero-order chi connectivity index (χ0) is 15.4. The maximum absolute atomic E-state index is 12.0. The van der Waals surface area contributed by atoms with Crippen LogP contribution in [-0.2, 0) is 0 Å². The van der Waals surface area contributed by atoms with Crippen molar-refractivity contribution in [2.75, 3.05) is 5.32 Å². The van der Waals surface area contributed by atoms with Gasteiger partial charge in [0.1, 0.15) is 11.6 Å². The predicted octanol–water partition coefficient (Wildman–Crippen LogP) is 1.10. The van der Waals surface area contributed by atoms with Gasteiger partial charge in [0.2, 0.25) is 0 Å². The van der Waals surface area contributed by atoms with Gasteiger partial charge in [-0.15, -0.1) is 0 Å². The number of ether oxygens (including phenoxy) is 1. The van der Waals surface area contributed by atoms with Gasteiger partial charge in [0.05, 0.1) is 6.10 Å². The van der Waals surface area contributed by atoms with E-state index >= 15 is 0 Å². The fourth-order valence-corrected chi connectivity index (χ4v) is 1.69. The van der Waals surface area contributed by atoms with Crippen molar-refractivity contribution in [3.8, 4) is 5.75 Å². The molecule has 1 aromatic carbocycles. The second-order valence-corrected chi connectivity index (χ2v) is 4.65. The predicted molar refractivity (Wildman–Crippen MR) is 77.8 cm³/mol. The first kappa shape index (κ1) is 14.6. The number of nitrogens with one attached hydrogen (secondary N) is 3. The molecule has 1 heterocycles. The van der Waals surface area contributed by atoms with Crippen LogP contribution in [0.4, 0.5) is 5.82 Å². The van der Waals surface area contributed by atoms with Crippen LogP contribution in [0.3, 0.4) is 0 Å². The Bertz CT molecular complexity index is 716. The molecule has 0 aliphatic carbocycles. The van der Waals surface area contributed by atoms with E-state index in [0.717, 1.165) is 6.07 Å². The van der Waals surface area contributed by atoms with Crippen molar-refractivity contribution in [1.29, 1.82) is 0 Å². The summed E-state index contributed by atoms with van der Waals surface area (Å²) in [6.45, 7) is 3.81. The summed E-state index contributed by atoms with van der Waals surface area (Å²) >= 11 is 0. The Labute approximate surface area is 120 Å². The van der Waals surface area contributed by atoms with Crippen molar-refractivity contribution >= 4 is 11.7 Å². The lowest BCUT2D eigenvalue weighted by molar-refractivity contribution is 0.102. The molecule has 0 unspecified atom stereocenters. The molecule has 7 nitrogen and oxygen atoms in total. The van der Waals surface area contributed by atoms with Crippen LogP contribution in [0, 0.1) is 0 Å². The van der Waals surface area contributed by atoms with Crippen molar-refractivity contribution in [3.63, 3.8) is 0 Å². The van der Waals surface area contributed by atoms with Crippen LogP contribution in [0.1, 0.15) is 24.2 Å². The summed E-state index contributed by atoms with van der Waals surface area (Å²) in [5, 5.41) is 2.44. The quantitative estimate of drug-likeness (QED) is 0.784. The minimum Gasteiger partial charge on any atom is -0.491 e. The van der Waals surface area contributed by atoms with E-state index in [1.807, 2.05) is 18.8 Å². The molecule has 1 amide bonds. The van der Waals surface area contributed by atoms with Crippen molar-refractivity contribution < 1.29 is 9.53 Å². The maximum atomic E-state index is 12.0. The number of hydrogen-bond acceptors (Lipinski definition) is 4. The SMILES string of the molecule is CC(C)Oc1ccc(C(=O)Nc2cc(=O)[nH]c(=O)[nH]2)cc1. The highest BCUT2D eigenvalue weighted by atomic mass is 16.5. The molecule has 0 aliphatic rings. The fourth-order valence-electron chi connectivity index (χ4n) is 1.69. The number of anilines is 1. The fraction of sp³-hybridized carbons (Fsp3) is 0.214. The van der Waals surface area contributed by atoms with Crippen LogP contribution in [-0.4, -0.2) is 22.0 Å². The third-order valence-electron chi connectivity index (χ3n) is 2.50. The van der Waals surface area contributed by atoms with Crippen LogP contribution in [0.25, 0.3) is 0 Å². The molecule has 21 heavy (non-hydrogen) atoms. The summed E-state index contributed by atoms with van der Waals surface area (Å²) in [7, 11) is 0. The average Bonchev–Trinajstić information content (AvgIpc) is 2.37. The van der Waals surface area contributed by atoms with Crippen LogP contribution < -0.4 is 21.3 Å². The highest BCUT2D eigenvalue weighted by Crippen LogP contribution is 2.14. The molecule has 2 rings (SSSR count). The summed E-state index contributed by atoms with van der Waals surface area (Å²) < 4.78 is 5.47. The number of benzene rings is 1. The molecule has 0 bridgehead atoms. The summed E-state index contributed by atoms with van der Waals surface area (Å²) in [6, 6.07) is 7.64. The van der Waals surface area contributed by atoms with Gasteiger partial charge in [-0.05, 0) is 38.1 Å². The first-order valence-electron chi connectivity index (χ1n) is 6.36. The number of amides is 1. The van der Waals surface area contributed by atoms with E-state index < -0.39 is 17.2 Å². The average molecular weight is 289 g/mol. The van der Waals surface area contributed by atoms with E-state index in [4.69, 9.17) is 4.74 Å². The zero-order valence-electron chi connectivity index (χ0n) is 11.6. The standard InChI is InChI=1S/C14H15N3O4/c1-8(2)21-10-5-3-9(4-6-10)13(19)15-11-7-12(18)17-14(20)16-11/h3-8H,1-2H3,(H3,15,16,17,18,19,20). The summed E-state index contributed by atoms with van der Waals surface area (Å²) in [5.41, 5.74) is -0.888. The summed E-state index contributed by atoms with van der Waals surface area (Å²) in [6.07, 6.45) is 0.0470. The molecular weight excluding hydrogens is 274 g/mol. The Hall–Kier alpha value is -2.83. The second-order valence-electron chi connectivity index (χ2n) is 4.65. The number of aromatic nitrogens is 2. The molecule has 0 saturated carbocycles. The monoisotopic (exact) mass is 289 g/mol. The van der Waals surface area contributed by atoms with Crippen molar-refractivity contribution in [2.45, 2.75) is 20.0 Å². The molecule has 7 heteroatoms. The Morgan fingerprint density at radius 1 is 1.14 bits per heavy atom. The van der Waals surface area contributed by atoms with Gasteiger partial charge >= 0.3 is 5.69 Å². The minimum atomic E-state index is -0.682. The zero-order valence-corrected chi connectivity index (χ0v) is 11.6. The van der Waals surface area contributed by atoms with Crippen LogP contribution >= 0.6 is 0 Å². The van der Waals surface area contributed by atoms with E-state index in [1.165, 1.54) is 0 Å². The van der Waals surface area contributed by atoms with Gasteiger partial charge in [-0.3, -0.25) is 19.6 Å². The maximum Gasteiger partial charge on any atom is 0.327 e. The number of carbonyl (C=O) groups excluding carboxylic acids is 1. The third-order valence-corrected chi connectivity index (χ3v) is 2.50. The van der Waals surface area contributed by atoms with Crippen molar-refractivity contribution in [3.05, 3.63) is 56.7 Å². The van der Waals surface area contributed by atoms with Crippen LogP contribution in [0.15, 0.2) is 39.9 Å². The Morgan fingerprint density at radius 3 is 2.38 bits per heavy atom. The Morgan fingerprint density at radius 2 is 1.81 bits per heavy atom. The van der Waals surface area contributed by atoms with E-state index in [9.17, 15) is 14.4 Å². The van der Waals surface area contributed by atoms with Gasteiger partial charge in [0.15, 0.2) is 0 Å². The highest BCUT2D eigenvalue weighted by Gasteiger charge is 2.08. The van der Waals surface area contributed by atoms with E-state index in [-0.39, 0.29) is 11.9 Å². The second kappa shape index (κ2) is 6.08. The third kappa shape index (κ3) is 4.07. The lowest BCUT2D eigenvalue weighted by Crippen LogP contribution is -2.24. The first-order chi connectivity index (χ1) is 9.94. The number of H-pyrrole nitrogens is 2. The van der Waals surface area contributed by atoms with Gasteiger partial charge in [0.25, 0.3) is 11.5 Å². The molecule has 110 valence electrons. The molecule has 0 atom stereocenters. The number of carbonyl (C=O) groups is 1. The minimum absolute atomic E-state index is 0.0382. The molecule has 2 aromatic rings. The summed E-state index contributed by atoms with van der Waals surface area (Å²) in [5.74, 6) is 0.259. The Kier molecular flexibility index (Phi) is 4.22. The van der Waals surface area contributed by atoms with E-state index in [1.54, 1.807) is 24.3 Å². The molecule has 0 fully saturated rings. The van der Waals surface area contributed by atoms with Gasteiger partial charge < -0.3 is 10.1 Å². The number of hydrogen-bond donors (Lipinski definition) is 3. The normalized spacial score (nSPS) is 10.4. The van der Waals surface area contributed by atoms with Crippen molar-refractivity contribution in [2.24, 2.45) is 0 Å². The molecule has 1 aromatic heterocycles. The lowest BCUT2D eigenvalue weighted by atomic mass is 10.2. The van der Waals surface area contributed by atoms with Crippen LogP contribution in [0.2, 0.25) is 0 Å². The smallest absolute Gasteiger partial charge is 0.327 e. The highest BCUT2D eigenvalue weighted by molar-refractivity contribution is 6.03. The van der Waals surface area contributed by atoms with Crippen LogP contribution in [0.5, 0.6) is 5.75 Å². The molecule has 0 aliphatic heterocycles. The lowest BCUT2D eigenvalue weighted by Gasteiger charge is -2.10. The first-order valence-corrected chi connectivity index (χ1v) is 6.36. The topological polar surface area (TPSA) is 104 Å². The molecule has 0 radical (unpaired) electrons. The van der Waals surface area contributed by atoms with Gasteiger partial charge in [0, 0.05) is 11.6 Å². The largest absolute Gasteiger partial charge is 0.491 e. The number of aromatic amines is 2. The van der Waals surface area contributed by atoms with Gasteiger partial charge in [-0.2, -0.15) is 0 Å².